The summed E-state index contributed by atoms with van der Waals surface area (Å²) in [6.45, 7) is 0.632. The normalized spacial score (nSPS) is 9.95. The smallest absolute Gasteiger partial charge is 0.128 e. The minimum absolute atomic E-state index is 0.632. The first-order valence-electron chi connectivity index (χ1n) is 6.36. The quantitative estimate of drug-likeness (QED) is 0.847. The van der Waals surface area contributed by atoms with Crippen molar-refractivity contribution in [3.05, 3.63) is 42.0 Å². The largest absolute Gasteiger partial charge is 0.497 e. The summed E-state index contributed by atoms with van der Waals surface area (Å²) < 4.78 is 10.6. The summed E-state index contributed by atoms with van der Waals surface area (Å²) in [6, 6.07) is 11.6. The number of hydrogen-bond donors (Lipinski definition) is 2. The van der Waals surface area contributed by atoms with E-state index in [1.54, 1.807) is 14.2 Å². The molecular formula is C15H19N3O2. The van der Waals surface area contributed by atoms with Crippen LogP contribution in [0.3, 0.4) is 0 Å². The van der Waals surface area contributed by atoms with Crippen molar-refractivity contribution < 1.29 is 9.47 Å². The van der Waals surface area contributed by atoms with Gasteiger partial charge in [0.1, 0.15) is 23.1 Å². The molecule has 5 nitrogen and oxygen atoms in total. The van der Waals surface area contributed by atoms with Crippen molar-refractivity contribution in [3.63, 3.8) is 0 Å². The summed E-state index contributed by atoms with van der Waals surface area (Å²) in [5.74, 6) is 3.22. The number of nitrogens with one attached hydrogen (secondary N) is 2. The van der Waals surface area contributed by atoms with Crippen LogP contribution in [-0.2, 0) is 6.54 Å². The molecule has 0 amide bonds. The number of hydrogen-bond acceptors (Lipinski definition) is 5. The molecule has 0 saturated carbocycles. The molecular weight excluding hydrogens is 254 g/mol. The number of benzene rings is 1. The zero-order valence-electron chi connectivity index (χ0n) is 11.9. The highest BCUT2D eigenvalue weighted by atomic mass is 16.5. The van der Waals surface area contributed by atoms with E-state index in [9.17, 15) is 0 Å². The van der Waals surface area contributed by atoms with Crippen molar-refractivity contribution in [1.82, 2.24) is 4.98 Å². The predicted molar refractivity (Wildman–Crippen MR) is 80.7 cm³/mol. The molecule has 2 rings (SSSR count). The average Bonchev–Trinajstić information content (AvgIpc) is 2.52. The molecule has 1 aromatic carbocycles. The van der Waals surface area contributed by atoms with Crippen LogP contribution in [0.2, 0.25) is 0 Å². The summed E-state index contributed by atoms with van der Waals surface area (Å²) >= 11 is 0. The maximum Gasteiger partial charge on any atom is 0.128 e. The Bertz CT molecular complexity index is 573. The van der Waals surface area contributed by atoms with E-state index in [-0.39, 0.29) is 0 Å². The Morgan fingerprint density at radius 1 is 1.05 bits per heavy atom. The molecule has 2 N–H and O–H groups in total. The second kappa shape index (κ2) is 6.65. The molecule has 5 heteroatoms. The topological polar surface area (TPSA) is 55.4 Å². The van der Waals surface area contributed by atoms with E-state index in [4.69, 9.17) is 9.47 Å². The molecule has 0 atom stereocenters. The van der Waals surface area contributed by atoms with Gasteiger partial charge in [-0.15, -0.1) is 0 Å². The van der Waals surface area contributed by atoms with Gasteiger partial charge in [-0.1, -0.05) is 6.07 Å². The molecule has 0 radical (unpaired) electrons. The molecule has 0 aliphatic heterocycles. The number of aromatic nitrogens is 1. The van der Waals surface area contributed by atoms with Gasteiger partial charge < -0.3 is 20.1 Å². The lowest BCUT2D eigenvalue weighted by Gasteiger charge is -2.12. The van der Waals surface area contributed by atoms with Crippen molar-refractivity contribution in [2.75, 3.05) is 31.9 Å². The minimum Gasteiger partial charge on any atom is -0.497 e. The van der Waals surface area contributed by atoms with Gasteiger partial charge in [0.05, 0.1) is 14.2 Å². The fourth-order valence-corrected chi connectivity index (χ4v) is 1.86. The van der Waals surface area contributed by atoms with Crippen LogP contribution in [0, 0.1) is 0 Å². The molecule has 0 fully saturated rings. The minimum atomic E-state index is 0.632. The van der Waals surface area contributed by atoms with Gasteiger partial charge in [0.2, 0.25) is 0 Å². The number of anilines is 2. The Hall–Kier alpha value is -2.43. The third-order valence-corrected chi connectivity index (χ3v) is 2.96. The van der Waals surface area contributed by atoms with Crippen molar-refractivity contribution in [2.24, 2.45) is 0 Å². The van der Waals surface area contributed by atoms with E-state index < -0.39 is 0 Å². The lowest BCUT2D eigenvalue weighted by Crippen LogP contribution is -2.04. The van der Waals surface area contributed by atoms with Crippen LogP contribution in [0.5, 0.6) is 11.5 Å². The first kappa shape index (κ1) is 14.0. The van der Waals surface area contributed by atoms with Gasteiger partial charge in [-0.05, 0) is 24.3 Å². The number of nitrogens with zero attached hydrogens (tertiary/aromatic N) is 1. The van der Waals surface area contributed by atoms with Crippen LogP contribution < -0.4 is 20.1 Å². The summed E-state index contributed by atoms with van der Waals surface area (Å²) in [5.41, 5.74) is 1.05. The van der Waals surface area contributed by atoms with Gasteiger partial charge in [-0.3, -0.25) is 0 Å². The lowest BCUT2D eigenvalue weighted by atomic mass is 10.2. The first-order valence-corrected chi connectivity index (χ1v) is 6.36. The van der Waals surface area contributed by atoms with Crippen LogP contribution in [0.15, 0.2) is 36.4 Å². The van der Waals surface area contributed by atoms with Crippen molar-refractivity contribution in [2.45, 2.75) is 6.54 Å². The van der Waals surface area contributed by atoms with Crippen LogP contribution in [0.25, 0.3) is 0 Å². The van der Waals surface area contributed by atoms with E-state index >= 15 is 0 Å². The van der Waals surface area contributed by atoms with Crippen molar-refractivity contribution >= 4 is 11.6 Å². The van der Waals surface area contributed by atoms with E-state index in [1.165, 1.54) is 0 Å². The second-order valence-electron chi connectivity index (χ2n) is 4.19. The standard InChI is InChI=1S/C15H19N3O2/c1-16-14-5-4-6-15(18-14)17-10-11-7-8-12(19-2)9-13(11)20-3/h4-9H,10H2,1-3H3,(H2,16,17,18). The molecule has 106 valence electrons. The van der Waals surface area contributed by atoms with Crippen molar-refractivity contribution in [3.8, 4) is 11.5 Å². The molecule has 0 bridgehead atoms. The fraction of sp³-hybridized carbons (Fsp3) is 0.267. The highest BCUT2D eigenvalue weighted by Gasteiger charge is 2.05. The molecule has 1 aromatic heterocycles. The van der Waals surface area contributed by atoms with E-state index in [0.29, 0.717) is 6.54 Å². The fourth-order valence-electron chi connectivity index (χ4n) is 1.86. The average molecular weight is 273 g/mol. The van der Waals surface area contributed by atoms with Gasteiger partial charge in [0.15, 0.2) is 0 Å². The Morgan fingerprint density at radius 3 is 2.55 bits per heavy atom. The highest BCUT2D eigenvalue weighted by Crippen LogP contribution is 2.25. The maximum absolute atomic E-state index is 5.37. The first-order chi connectivity index (χ1) is 9.76. The van der Waals surface area contributed by atoms with Crippen LogP contribution in [0.1, 0.15) is 5.56 Å². The molecule has 0 aliphatic carbocycles. The van der Waals surface area contributed by atoms with Gasteiger partial charge in [0.25, 0.3) is 0 Å². The number of rotatable bonds is 6. The number of methoxy groups -OCH3 is 2. The lowest BCUT2D eigenvalue weighted by molar-refractivity contribution is 0.391. The second-order valence-corrected chi connectivity index (χ2v) is 4.19. The van der Waals surface area contributed by atoms with Gasteiger partial charge >= 0.3 is 0 Å². The summed E-state index contributed by atoms with van der Waals surface area (Å²) in [6.07, 6.45) is 0. The van der Waals surface area contributed by atoms with Gasteiger partial charge in [0, 0.05) is 25.2 Å². The molecule has 0 unspecified atom stereocenters. The Kier molecular flexibility index (Phi) is 4.65. The molecule has 20 heavy (non-hydrogen) atoms. The highest BCUT2D eigenvalue weighted by molar-refractivity contribution is 5.47. The maximum atomic E-state index is 5.37. The zero-order valence-corrected chi connectivity index (χ0v) is 11.9. The van der Waals surface area contributed by atoms with Crippen molar-refractivity contribution in [1.29, 1.82) is 0 Å². The van der Waals surface area contributed by atoms with E-state index in [2.05, 4.69) is 15.6 Å². The predicted octanol–water partition coefficient (Wildman–Crippen LogP) is 2.75. The monoisotopic (exact) mass is 273 g/mol. The number of ether oxygens (including phenoxy) is 2. The SMILES string of the molecule is CNc1cccc(NCc2ccc(OC)cc2OC)n1. The van der Waals surface area contributed by atoms with E-state index in [1.807, 2.05) is 43.4 Å². The summed E-state index contributed by atoms with van der Waals surface area (Å²) in [7, 11) is 5.14. The third-order valence-electron chi connectivity index (χ3n) is 2.96. The van der Waals surface area contributed by atoms with Gasteiger partial charge in [-0.25, -0.2) is 4.98 Å². The van der Waals surface area contributed by atoms with Gasteiger partial charge in [-0.2, -0.15) is 0 Å². The molecule has 0 aliphatic rings. The number of pyridine rings is 1. The molecule has 0 spiro atoms. The zero-order chi connectivity index (χ0) is 14.4. The third kappa shape index (κ3) is 3.32. The van der Waals surface area contributed by atoms with Crippen LogP contribution in [0.4, 0.5) is 11.6 Å². The summed E-state index contributed by atoms with van der Waals surface area (Å²) in [5, 5.41) is 6.29. The molecule has 0 saturated heterocycles. The molecule has 2 aromatic rings. The Morgan fingerprint density at radius 2 is 1.85 bits per heavy atom. The Balaban J connectivity index is 2.10. The van der Waals surface area contributed by atoms with E-state index in [0.717, 1.165) is 28.7 Å². The van der Waals surface area contributed by atoms with Crippen LogP contribution >= 0.6 is 0 Å². The Labute approximate surface area is 118 Å². The van der Waals surface area contributed by atoms with Crippen LogP contribution in [-0.4, -0.2) is 26.3 Å². The summed E-state index contributed by atoms with van der Waals surface area (Å²) in [4.78, 5) is 4.41. The molecule has 1 heterocycles.